The maximum absolute atomic E-state index is 2.52. The lowest BCUT2D eigenvalue weighted by atomic mass is 9.62. The van der Waals surface area contributed by atoms with Crippen LogP contribution in [0.5, 0.6) is 0 Å². The fourth-order valence-corrected chi connectivity index (χ4v) is 4.26. The second-order valence-corrected chi connectivity index (χ2v) is 7.53. The van der Waals surface area contributed by atoms with Gasteiger partial charge in [-0.2, -0.15) is 0 Å². The largest absolute Gasteiger partial charge is 0.0651 e. The van der Waals surface area contributed by atoms with Crippen LogP contribution < -0.4 is 0 Å². The summed E-state index contributed by atoms with van der Waals surface area (Å²) in [6.45, 7) is 14.7. The normalized spacial score (nSPS) is 40.1. The highest BCUT2D eigenvalue weighted by Gasteiger charge is 2.36. The van der Waals surface area contributed by atoms with Crippen molar-refractivity contribution in [2.75, 3.05) is 0 Å². The third kappa shape index (κ3) is 3.79. The van der Waals surface area contributed by atoms with E-state index in [1.54, 1.807) is 0 Å². The maximum Gasteiger partial charge on any atom is -0.0321 e. The lowest BCUT2D eigenvalue weighted by molar-refractivity contribution is 0.0767. The van der Waals surface area contributed by atoms with Gasteiger partial charge in [0, 0.05) is 0 Å². The molecule has 16 heavy (non-hydrogen) atoms. The number of hydrogen-bond acceptors (Lipinski definition) is 0. The number of hydrogen-bond donors (Lipinski definition) is 0. The summed E-state index contributed by atoms with van der Waals surface area (Å²) < 4.78 is 0. The topological polar surface area (TPSA) is 0 Å². The van der Waals surface area contributed by atoms with Gasteiger partial charge in [0.05, 0.1) is 0 Å². The molecular formula is C16H32. The molecule has 96 valence electrons. The minimum absolute atomic E-state index is 0.545. The van der Waals surface area contributed by atoms with Crippen LogP contribution in [-0.4, -0.2) is 0 Å². The van der Waals surface area contributed by atoms with Crippen molar-refractivity contribution in [3.63, 3.8) is 0 Å². The summed E-state index contributed by atoms with van der Waals surface area (Å²) in [5.74, 6) is 1.89. The highest BCUT2D eigenvalue weighted by Crippen LogP contribution is 2.48. The lowest BCUT2D eigenvalue weighted by Crippen LogP contribution is -2.32. The highest BCUT2D eigenvalue weighted by molar-refractivity contribution is 4.87. The van der Waals surface area contributed by atoms with E-state index in [-0.39, 0.29) is 0 Å². The standard InChI is InChI=1S/C16H32/c1-7-14-9-13(3)10-15(4,5)12-16(6,8-2)11-14/h13-14H,7-12H2,1-6H3. The summed E-state index contributed by atoms with van der Waals surface area (Å²) in [6, 6.07) is 0. The van der Waals surface area contributed by atoms with E-state index in [0.717, 1.165) is 11.8 Å². The Bertz CT molecular complexity index is 216. The molecule has 0 radical (unpaired) electrons. The van der Waals surface area contributed by atoms with Crippen molar-refractivity contribution >= 4 is 0 Å². The minimum Gasteiger partial charge on any atom is -0.0651 e. The van der Waals surface area contributed by atoms with E-state index in [0.29, 0.717) is 10.8 Å². The molecule has 3 unspecified atom stereocenters. The summed E-state index contributed by atoms with van der Waals surface area (Å²) in [6.07, 6.45) is 8.46. The molecule has 0 saturated heterocycles. The van der Waals surface area contributed by atoms with Gasteiger partial charge in [-0.1, -0.05) is 54.4 Å². The van der Waals surface area contributed by atoms with Crippen LogP contribution in [0.25, 0.3) is 0 Å². The van der Waals surface area contributed by atoms with Crippen molar-refractivity contribution in [2.45, 2.75) is 80.1 Å². The summed E-state index contributed by atoms with van der Waals surface area (Å²) in [7, 11) is 0. The Hall–Kier alpha value is 0. The van der Waals surface area contributed by atoms with Crippen LogP contribution >= 0.6 is 0 Å². The Morgan fingerprint density at radius 3 is 2.19 bits per heavy atom. The Morgan fingerprint density at radius 2 is 1.69 bits per heavy atom. The van der Waals surface area contributed by atoms with Crippen LogP contribution in [0.15, 0.2) is 0 Å². The predicted octanol–water partition coefficient (Wildman–Crippen LogP) is 5.67. The molecule has 0 heterocycles. The maximum atomic E-state index is 2.52. The monoisotopic (exact) mass is 224 g/mol. The van der Waals surface area contributed by atoms with Gasteiger partial charge in [-0.3, -0.25) is 0 Å². The molecule has 0 spiro atoms. The number of rotatable bonds is 2. The van der Waals surface area contributed by atoms with Crippen molar-refractivity contribution < 1.29 is 0 Å². The second kappa shape index (κ2) is 5.10. The molecule has 0 nitrogen and oxygen atoms in total. The van der Waals surface area contributed by atoms with Gasteiger partial charge in [0.25, 0.3) is 0 Å². The highest BCUT2D eigenvalue weighted by atomic mass is 14.4. The zero-order valence-electron chi connectivity index (χ0n) is 12.4. The molecule has 1 saturated carbocycles. The predicted molar refractivity (Wildman–Crippen MR) is 73.6 cm³/mol. The Labute approximate surface area is 103 Å². The first-order valence-corrected chi connectivity index (χ1v) is 7.30. The van der Waals surface area contributed by atoms with Crippen molar-refractivity contribution in [2.24, 2.45) is 22.7 Å². The van der Waals surface area contributed by atoms with Crippen LogP contribution in [0.4, 0.5) is 0 Å². The Morgan fingerprint density at radius 1 is 1.06 bits per heavy atom. The molecule has 0 aromatic carbocycles. The van der Waals surface area contributed by atoms with E-state index >= 15 is 0 Å². The minimum atomic E-state index is 0.545. The molecule has 0 heteroatoms. The van der Waals surface area contributed by atoms with Crippen molar-refractivity contribution in [3.8, 4) is 0 Å². The molecular weight excluding hydrogens is 192 g/mol. The van der Waals surface area contributed by atoms with E-state index < -0.39 is 0 Å². The summed E-state index contributed by atoms with van der Waals surface area (Å²) in [4.78, 5) is 0. The van der Waals surface area contributed by atoms with Crippen molar-refractivity contribution in [3.05, 3.63) is 0 Å². The quantitative estimate of drug-likeness (QED) is 0.567. The molecule has 3 atom stereocenters. The summed E-state index contributed by atoms with van der Waals surface area (Å²) in [5, 5.41) is 0. The summed E-state index contributed by atoms with van der Waals surface area (Å²) >= 11 is 0. The van der Waals surface area contributed by atoms with Crippen LogP contribution in [0.3, 0.4) is 0 Å². The van der Waals surface area contributed by atoms with E-state index in [9.17, 15) is 0 Å². The van der Waals surface area contributed by atoms with Crippen LogP contribution in [0.2, 0.25) is 0 Å². The van der Waals surface area contributed by atoms with Gasteiger partial charge in [0.1, 0.15) is 0 Å². The zero-order valence-corrected chi connectivity index (χ0v) is 12.4. The molecule has 1 aliphatic rings. The molecule has 0 aromatic heterocycles. The first-order chi connectivity index (χ1) is 7.30. The van der Waals surface area contributed by atoms with E-state index in [2.05, 4.69) is 41.5 Å². The molecule has 0 amide bonds. The van der Waals surface area contributed by atoms with Crippen LogP contribution in [0.1, 0.15) is 80.1 Å². The van der Waals surface area contributed by atoms with Crippen LogP contribution in [-0.2, 0) is 0 Å². The smallest absolute Gasteiger partial charge is 0.0321 e. The fraction of sp³-hybridized carbons (Fsp3) is 1.00. The van der Waals surface area contributed by atoms with Gasteiger partial charge >= 0.3 is 0 Å². The summed E-state index contributed by atoms with van der Waals surface area (Å²) in [5.41, 5.74) is 1.13. The molecule has 0 aliphatic heterocycles. The molecule has 1 aliphatic carbocycles. The molecule has 0 bridgehead atoms. The van der Waals surface area contributed by atoms with Gasteiger partial charge < -0.3 is 0 Å². The fourth-order valence-electron chi connectivity index (χ4n) is 4.26. The van der Waals surface area contributed by atoms with Gasteiger partial charge in [-0.25, -0.2) is 0 Å². The van der Waals surface area contributed by atoms with Gasteiger partial charge in [-0.05, 0) is 48.3 Å². The zero-order chi connectivity index (χ0) is 12.4. The third-order valence-corrected chi connectivity index (χ3v) is 4.75. The van der Waals surface area contributed by atoms with Gasteiger partial charge in [-0.15, -0.1) is 0 Å². The van der Waals surface area contributed by atoms with Gasteiger partial charge in [0.2, 0.25) is 0 Å². The van der Waals surface area contributed by atoms with E-state index in [1.807, 2.05) is 0 Å². The second-order valence-electron chi connectivity index (χ2n) is 7.53. The average molecular weight is 224 g/mol. The molecule has 1 rings (SSSR count). The first-order valence-electron chi connectivity index (χ1n) is 7.30. The molecule has 1 fully saturated rings. The molecule has 0 aromatic rings. The average Bonchev–Trinajstić information content (AvgIpc) is 2.13. The SMILES string of the molecule is CCC1CC(C)CC(C)(C)CC(C)(CC)C1. The lowest BCUT2D eigenvalue weighted by Gasteiger charge is -2.43. The van der Waals surface area contributed by atoms with Crippen molar-refractivity contribution in [1.29, 1.82) is 0 Å². The molecule has 0 N–H and O–H groups in total. The van der Waals surface area contributed by atoms with Crippen LogP contribution in [0, 0.1) is 22.7 Å². The Kier molecular flexibility index (Phi) is 4.49. The Balaban J connectivity index is 2.82. The third-order valence-electron chi connectivity index (χ3n) is 4.75. The van der Waals surface area contributed by atoms with E-state index in [1.165, 1.54) is 38.5 Å². The van der Waals surface area contributed by atoms with E-state index in [4.69, 9.17) is 0 Å². The van der Waals surface area contributed by atoms with Gasteiger partial charge in [0.15, 0.2) is 0 Å². The van der Waals surface area contributed by atoms with Crippen molar-refractivity contribution in [1.82, 2.24) is 0 Å². The first kappa shape index (κ1) is 14.1.